The summed E-state index contributed by atoms with van der Waals surface area (Å²) in [7, 11) is -0.0417. The largest absolute Gasteiger partial charge is 0.490 e. The summed E-state index contributed by atoms with van der Waals surface area (Å²) in [6.07, 6.45) is 1.34. The summed E-state index contributed by atoms with van der Waals surface area (Å²) < 4.78 is 4.92. The monoisotopic (exact) mass is 182 g/mol. The lowest BCUT2D eigenvalue weighted by Crippen LogP contribution is -2.31. The molecule has 4 N–H and O–H groups in total. The van der Waals surface area contributed by atoms with Gasteiger partial charge in [0.1, 0.15) is 0 Å². The summed E-state index contributed by atoms with van der Waals surface area (Å²) in [5, 5.41) is 17.7. The lowest BCUT2D eigenvalue weighted by Gasteiger charge is -2.06. The fourth-order valence-corrected chi connectivity index (χ4v) is 0.988. The number of aromatic nitrogens is 1. The van der Waals surface area contributed by atoms with Crippen molar-refractivity contribution in [3.05, 3.63) is 17.8 Å². The molecule has 0 aliphatic rings. The highest BCUT2D eigenvalue weighted by atomic mass is 16.5. The molecule has 0 aliphatic heterocycles. The highest BCUT2D eigenvalue weighted by Gasteiger charge is 2.13. The van der Waals surface area contributed by atoms with Gasteiger partial charge in [0.2, 0.25) is 5.88 Å². The van der Waals surface area contributed by atoms with Gasteiger partial charge in [0, 0.05) is 23.8 Å². The molecule has 1 rings (SSSR count). The molecule has 13 heavy (non-hydrogen) atoms. The van der Waals surface area contributed by atoms with Crippen LogP contribution in [0.1, 0.15) is 5.56 Å². The lowest BCUT2D eigenvalue weighted by molar-refractivity contribution is 0.392. The van der Waals surface area contributed by atoms with E-state index in [1.165, 1.54) is 13.3 Å². The predicted octanol–water partition coefficient (Wildman–Crippen LogP) is -1.77. The summed E-state index contributed by atoms with van der Waals surface area (Å²) in [5.41, 5.74) is 6.37. The third-order valence-corrected chi connectivity index (χ3v) is 1.66. The van der Waals surface area contributed by atoms with E-state index in [1.54, 1.807) is 6.07 Å². The van der Waals surface area contributed by atoms with E-state index in [0.717, 1.165) is 0 Å². The van der Waals surface area contributed by atoms with Crippen molar-refractivity contribution < 1.29 is 14.8 Å². The van der Waals surface area contributed by atoms with Crippen molar-refractivity contribution in [1.29, 1.82) is 0 Å². The first kappa shape index (κ1) is 9.98. The summed E-state index contributed by atoms with van der Waals surface area (Å²) in [5.74, 6) is 0.409. The van der Waals surface area contributed by atoms with Gasteiger partial charge in [-0.2, -0.15) is 0 Å². The molecule has 0 fully saturated rings. The summed E-state index contributed by atoms with van der Waals surface area (Å²) in [6, 6.07) is 1.55. The zero-order chi connectivity index (χ0) is 9.84. The van der Waals surface area contributed by atoms with E-state index in [-0.39, 0.29) is 6.54 Å². The average molecular weight is 182 g/mol. The normalized spacial score (nSPS) is 9.85. The predicted molar refractivity (Wildman–Crippen MR) is 48.5 cm³/mol. The Morgan fingerprint density at radius 3 is 2.77 bits per heavy atom. The molecule has 5 nitrogen and oxygen atoms in total. The van der Waals surface area contributed by atoms with Gasteiger partial charge >= 0.3 is 7.12 Å². The van der Waals surface area contributed by atoms with Crippen LogP contribution in [0.2, 0.25) is 0 Å². The molecule has 1 aromatic heterocycles. The standard InChI is InChI=1S/C7H11BN2O3/c1-13-7-5(3-9)2-6(4-10-7)8(11)12/h2,4,11-12H,3,9H2,1H3. The fourth-order valence-electron chi connectivity index (χ4n) is 0.988. The third kappa shape index (κ3) is 2.18. The number of hydrogen-bond donors (Lipinski definition) is 3. The van der Waals surface area contributed by atoms with Crippen LogP contribution in [0.5, 0.6) is 5.88 Å². The molecule has 0 unspecified atom stereocenters. The first-order valence-electron chi connectivity index (χ1n) is 3.78. The number of methoxy groups -OCH3 is 1. The van der Waals surface area contributed by atoms with E-state index in [2.05, 4.69) is 4.98 Å². The van der Waals surface area contributed by atoms with Gasteiger partial charge in [0.05, 0.1) is 7.11 Å². The Labute approximate surface area is 76.3 Å². The summed E-state index contributed by atoms with van der Waals surface area (Å²) in [6.45, 7) is 0.247. The molecule has 0 saturated carbocycles. The van der Waals surface area contributed by atoms with Crippen LogP contribution >= 0.6 is 0 Å². The van der Waals surface area contributed by atoms with Gasteiger partial charge in [-0.1, -0.05) is 6.07 Å². The second-order valence-electron chi connectivity index (χ2n) is 2.51. The van der Waals surface area contributed by atoms with Crippen molar-refractivity contribution in [2.75, 3.05) is 7.11 Å². The van der Waals surface area contributed by atoms with Crippen LogP contribution in [0, 0.1) is 0 Å². The van der Waals surface area contributed by atoms with Crippen LogP contribution < -0.4 is 15.9 Å². The zero-order valence-electron chi connectivity index (χ0n) is 7.27. The average Bonchev–Trinajstić information content (AvgIpc) is 2.16. The van der Waals surface area contributed by atoms with E-state index in [1.807, 2.05) is 0 Å². The molecule has 0 atom stereocenters. The topological polar surface area (TPSA) is 88.6 Å². The number of rotatable bonds is 3. The van der Waals surface area contributed by atoms with E-state index >= 15 is 0 Å². The fraction of sp³-hybridized carbons (Fsp3) is 0.286. The lowest BCUT2D eigenvalue weighted by atomic mass is 9.81. The molecular formula is C7H11BN2O3. The Bertz CT molecular complexity index is 293. The Hall–Kier alpha value is -1.11. The molecule has 0 saturated heterocycles. The van der Waals surface area contributed by atoms with Crippen molar-refractivity contribution in [3.8, 4) is 5.88 Å². The van der Waals surface area contributed by atoms with Crippen molar-refractivity contribution in [1.82, 2.24) is 4.98 Å². The second kappa shape index (κ2) is 4.22. The third-order valence-electron chi connectivity index (χ3n) is 1.66. The van der Waals surface area contributed by atoms with Crippen LogP contribution in [-0.2, 0) is 6.54 Å². The molecular weight excluding hydrogens is 171 g/mol. The van der Waals surface area contributed by atoms with Crippen LogP contribution in [-0.4, -0.2) is 29.3 Å². The van der Waals surface area contributed by atoms with Gasteiger partial charge in [-0.3, -0.25) is 0 Å². The van der Waals surface area contributed by atoms with Crippen LogP contribution in [0.4, 0.5) is 0 Å². The molecule has 70 valence electrons. The number of nitrogens with two attached hydrogens (primary N) is 1. The molecule has 0 aliphatic carbocycles. The Morgan fingerprint density at radius 2 is 2.31 bits per heavy atom. The Kier molecular flexibility index (Phi) is 3.24. The first-order chi connectivity index (χ1) is 6.19. The first-order valence-corrected chi connectivity index (χ1v) is 3.78. The van der Waals surface area contributed by atoms with E-state index < -0.39 is 7.12 Å². The van der Waals surface area contributed by atoms with Crippen LogP contribution in [0.3, 0.4) is 0 Å². The van der Waals surface area contributed by atoms with E-state index in [9.17, 15) is 0 Å². The van der Waals surface area contributed by atoms with Gasteiger partial charge < -0.3 is 20.5 Å². The Morgan fingerprint density at radius 1 is 1.62 bits per heavy atom. The van der Waals surface area contributed by atoms with Gasteiger partial charge in [-0.15, -0.1) is 0 Å². The van der Waals surface area contributed by atoms with Gasteiger partial charge in [0.25, 0.3) is 0 Å². The molecule has 0 bridgehead atoms. The van der Waals surface area contributed by atoms with Crippen LogP contribution in [0.25, 0.3) is 0 Å². The number of nitrogens with zero attached hydrogens (tertiary/aromatic N) is 1. The number of pyridine rings is 1. The molecule has 0 aromatic carbocycles. The highest BCUT2D eigenvalue weighted by Crippen LogP contribution is 2.10. The van der Waals surface area contributed by atoms with E-state index in [4.69, 9.17) is 20.5 Å². The summed E-state index contributed by atoms with van der Waals surface area (Å²) in [4.78, 5) is 3.87. The molecule has 0 amide bonds. The molecule has 1 heterocycles. The van der Waals surface area contributed by atoms with Crippen LogP contribution in [0.15, 0.2) is 12.3 Å². The second-order valence-corrected chi connectivity index (χ2v) is 2.51. The van der Waals surface area contributed by atoms with Crippen molar-refractivity contribution in [2.45, 2.75) is 6.54 Å². The number of ether oxygens (including phenoxy) is 1. The molecule has 0 radical (unpaired) electrons. The van der Waals surface area contributed by atoms with Crippen molar-refractivity contribution >= 4 is 12.6 Å². The summed E-state index contributed by atoms with van der Waals surface area (Å²) >= 11 is 0. The van der Waals surface area contributed by atoms with E-state index in [0.29, 0.717) is 16.9 Å². The Balaban J connectivity index is 3.05. The maximum atomic E-state index is 8.84. The minimum Gasteiger partial charge on any atom is -0.481 e. The molecule has 1 aromatic rings. The maximum absolute atomic E-state index is 8.84. The van der Waals surface area contributed by atoms with Crippen molar-refractivity contribution in [2.24, 2.45) is 5.73 Å². The van der Waals surface area contributed by atoms with Gasteiger partial charge in [-0.05, 0) is 0 Å². The quantitative estimate of drug-likeness (QED) is 0.481. The minimum atomic E-state index is -1.52. The smallest absolute Gasteiger partial charge is 0.481 e. The maximum Gasteiger partial charge on any atom is 0.490 e. The number of hydrogen-bond acceptors (Lipinski definition) is 5. The van der Waals surface area contributed by atoms with Crippen molar-refractivity contribution in [3.63, 3.8) is 0 Å². The van der Waals surface area contributed by atoms with Gasteiger partial charge in [-0.25, -0.2) is 4.98 Å². The molecule has 0 spiro atoms. The SMILES string of the molecule is COc1ncc(B(O)O)cc1CN. The highest BCUT2D eigenvalue weighted by molar-refractivity contribution is 6.58. The minimum absolute atomic E-state index is 0.247. The van der Waals surface area contributed by atoms with Gasteiger partial charge in [0.15, 0.2) is 0 Å². The zero-order valence-corrected chi connectivity index (χ0v) is 7.27. The molecule has 6 heteroatoms.